The molecule has 6 heterocycles. The largest absolute Gasteiger partial charge is 0.493 e. The van der Waals surface area contributed by atoms with Crippen molar-refractivity contribution in [1.82, 2.24) is 34.8 Å². The van der Waals surface area contributed by atoms with Crippen LogP contribution >= 0.6 is 0 Å². The van der Waals surface area contributed by atoms with Crippen LogP contribution in [0.4, 0.5) is 29.6 Å². The third-order valence-electron chi connectivity index (χ3n) is 12.9. The molecule has 17 nitrogen and oxygen atoms in total. The van der Waals surface area contributed by atoms with E-state index in [2.05, 4.69) is 21.5 Å². The number of aromatic nitrogens is 3. The number of amides is 4. The highest BCUT2D eigenvalue weighted by Crippen LogP contribution is 2.45. The van der Waals surface area contributed by atoms with Gasteiger partial charge in [-0.05, 0) is 60.9 Å². The Bertz CT molecular complexity index is 2760. The maximum atomic E-state index is 16.0. The molecule has 5 aromatic rings. The van der Waals surface area contributed by atoms with Crippen LogP contribution in [-0.4, -0.2) is 124 Å². The summed E-state index contributed by atoms with van der Waals surface area (Å²) in [5, 5.41) is 28.6. The molecule has 9 rings (SSSR count). The van der Waals surface area contributed by atoms with Gasteiger partial charge < -0.3 is 29.1 Å². The number of pyridine rings is 1. The number of anilines is 2. The molecule has 4 aliphatic rings. The number of aliphatic hydroxyl groups excluding tert-OH is 1. The normalized spacial score (nSPS) is 20.4. The number of carbonyl (C=O) groups is 3. The summed E-state index contributed by atoms with van der Waals surface area (Å²) in [6.07, 6.45) is 0.325. The Labute approximate surface area is 383 Å². The number of carbonyl (C=O) groups excluding carboxylic acids is 3. The second-order valence-electron chi connectivity index (χ2n) is 17.0. The molecule has 2 aromatic heterocycles. The number of aryl methyl sites for hydroxylation is 1. The van der Waals surface area contributed by atoms with Crippen molar-refractivity contribution in [3.8, 4) is 29.1 Å². The molecule has 0 spiro atoms. The molecular weight excluding hydrogens is 874 g/mol. The summed E-state index contributed by atoms with van der Waals surface area (Å²) in [6.45, 7) is 3.90. The number of piperidine rings is 1. The number of piperazine rings is 1. The number of halogens is 3. The summed E-state index contributed by atoms with van der Waals surface area (Å²) in [4.78, 5) is 50.7. The minimum absolute atomic E-state index is 0.0678. The number of methoxy groups -OCH3 is 1. The van der Waals surface area contributed by atoms with E-state index in [0.717, 1.165) is 5.56 Å². The lowest BCUT2D eigenvalue weighted by atomic mass is 9.97. The van der Waals surface area contributed by atoms with Crippen LogP contribution in [0, 0.1) is 17.1 Å². The first-order valence-corrected chi connectivity index (χ1v) is 22.1. The molecule has 0 saturated carbocycles. The average Bonchev–Trinajstić information content (AvgIpc) is 3.76. The van der Waals surface area contributed by atoms with E-state index in [0.29, 0.717) is 84.4 Å². The van der Waals surface area contributed by atoms with Crippen molar-refractivity contribution in [3.63, 3.8) is 0 Å². The van der Waals surface area contributed by atoms with E-state index in [1.165, 1.54) is 39.9 Å². The van der Waals surface area contributed by atoms with Gasteiger partial charge in [-0.15, -0.1) is 0 Å². The Hall–Kier alpha value is -6.95. The van der Waals surface area contributed by atoms with Crippen molar-refractivity contribution in [3.05, 3.63) is 94.9 Å². The number of nitrogens with zero attached hydrogens (tertiary/aromatic N) is 9. The second kappa shape index (κ2) is 18.4. The predicted molar refractivity (Wildman–Crippen MR) is 238 cm³/mol. The summed E-state index contributed by atoms with van der Waals surface area (Å²) < 4.78 is 66.0. The first-order valence-electron chi connectivity index (χ1n) is 22.1. The number of hydrogen-bond acceptors (Lipinski definition) is 13. The molecule has 3 aromatic carbocycles. The maximum absolute atomic E-state index is 16.0. The van der Waals surface area contributed by atoms with Crippen LogP contribution in [0.5, 0.6) is 23.0 Å². The van der Waals surface area contributed by atoms with E-state index in [1.54, 1.807) is 60.5 Å². The quantitative estimate of drug-likeness (QED) is 0.143. The first-order chi connectivity index (χ1) is 32.3. The van der Waals surface area contributed by atoms with Crippen LogP contribution in [-0.2, 0) is 18.4 Å². The van der Waals surface area contributed by atoms with Gasteiger partial charge >= 0.3 is 6.03 Å². The highest BCUT2D eigenvalue weighted by atomic mass is 19.3. The van der Waals surface area contributed by atoms with Crippen molar-refractivity contribution in [2.45, 2.75) is 57.0 Å². The Morgan fingerprint density at radius 2 is 1.75 bits per heavy atom. The molecule has 3 atom stereocenters. The lowest BCUT2D eigenvalue weighted by molar-refractivity contribution is -0.129. The number of alkyl halides is 2. The second-order valence-corrected chi connectivity index (χ2v) is 17.0. The van der Waals surface area contributed by atoms with Gasteiger partial charge in [0, 0.05) is 76.9 Å². The van der Waals surface area contributed by atoms with E-state index >= 15 is 13.2 Å². The van der Waals surface area contributed by atoms with E-state index in [-0.39, 0.29) is 49.5 Å². The fraction of sp³-hybridized carbons (Fsp3) is 0.404. The lowest BCUT2D eigenvalue weighted by Crippen LogP contribution is -2.61. The number of hydrogen-bond donors (Lipinski definition) is 2. The van der Waals surface area contributed by atoms with Gasteiger partial charge in [0.2, 0.25) is 5.91 Å². The molecule has 4 amide bonds. The maximum Gasteiger partial charge on any atom is 0.329 e. The topological polar surface area (TPSA) is 182 Å². The third kappa shape index (κ3) is 8.65. The monoisotopic (exact) mass is 922 g/mol. The van der Waals surface area contributed by atoms with Gasteiger partial charge in [0.15, 0.2) is 35.1 Å². The van der Waals surface area contributed by atoms with E-state index in [1.807, 2.05) is 16.7 Å². The number of nitrogens with one attached hydrogen (secondary N) is 1. The van der Waals surface area contributed by atoms with Crippen LogP contribution in [0.25, 0.3) is 10.9 Å². The number of rotatable bonds is 13. The van der Waals surface area contributed by atoms with Gasteiger partial charge in [-0.2, -0.15) is 10.4 Å². The van der Waals surface area contributed by atoms with Gasteiger partial charge in [-0.25, -0.2) is 22.9 Å². The Balaban J connectivity index is 0.811. The Morgan fingerprint density at radius 1 is 0.970 bits per heavy atom. The fourth-order valence-electron chi connectivity index (χ4n) is 9.65. The van der Waals surface area contributed by atoms with Crippen molar-refractivity contribution in [2.75, 3.05) is 69.3 Å². The summed E-state index contributed by atoms with van der Waals surface area (Å²) in [5.41, 5.74) is 2.45. The molecule has 350 valence electrons. The summed E-state index contributed by atoms with van der Waals surface area (Å²) in [5.74, 6) is -2.72. The Morgan fingerprint density at radius 3 is 2.45 bits per heavy atom. The zero-order valence-electron chi connectivity index (χ0n) is 37.1. The molecule has 1 unspecified atom stereocenters. The van der Waals surface area contributed by atoms with E-state index in [4.69, 9.17) is 14.2 Å². The van der Waals surface area contributed by atoms with Gasteiger partial charge in [-0.1, -0.05) is 18.2 Å². The van der Waals surface area contributed by atoms with Crippen molar-refractivity contribution >= 4 is 40.4 Å². The first kappa shape index (κ1) is 45.2. The Kier molecular flexibility index (Phi) is 12.4. The zero-order valence-corrected chi connectivity index (χ0v) is 37.1. The number of nitriles is 1. The zero-order chi connectivity index (χ0) is 47.1. The number of ether oxygens (including phenoxy) is 3. The molecule has 0 radical (unpaired) electrons. The SMILES string of the molecule is CCOc1cc([C@@H](CC#N)N2C(=O)c3ccnc(N4CCN([C@H]5CCN(Cc6ccc(Oc7cc8c(cc7F)c(N7CCC(=O)NC7=O)nn8C)cc6)CC5(F)F)CC4)c3C2O)ccc1OC. The molecule has 0 bridgehead atoms. The molecule has 3 saturated heterocycles. The molecule has 20 heteroatoms. The molecule has 2 N–H and O–H groups in total. The van der Waals surface area contributed by atoms with E-state index < -0.39 is 54.4 Å². The fourth-order valence-corrected chi connectivity index (χ4v) is 9.65. The molecule has 4 aliphatic heterocycles. The van der Waals surface area contributed by atoms with E-state index in [9.17, 15) is 24.8 Å². The van der Waals surface area contributed by atoms with Crippen LogP contribution in [0.3, 0.4) is 0 Å². The minimum atomic E-state index is -3.02. The number of urea groups is 1. The summed E-state index contributed by atoms with van der Waals surface area (Å²) >= 11 is 0. The number of benzene rings is 3. The van der Waals surface area contributed by atoms with Crippen LogP contribution in [0.15, 0.2) is 66.9 Å². The van der Waals surface area contributed by atoms with Crippen molar-refractivity contribution in [1.29, 1.82) is 5.26 Å². The molecule has 67 heavy (non-hydrogen) atoms. The average molecular weight is 923 g/mol. The lowest BCUT2D eigenvalue weighted by Gasteiger charge is -2.46. The highest BCUT2D eigenvalue weighted by molar-refractivity contribution is 6.09. The van der Waals surface area contributed by atoms with Crippen molar-refractivity contribution < 1.29 is 46.9 Å². The third-order valence-corrected chi connectivity index (χ3v) is 12.9. The van der Waals surface area contributed by atoms with Crippen LogP contribution < -0.4 is 29.3 Å². The summed E-state index contributed by atoms with van der Waals surface area (Å²) in [7, 11) is 3.17. The number of likely N-dealkylation sites (tertiary alicyclic amines) is 1. The van der Waals surface area contributed by atoms with Gasteiger partial charge in [0.05, 0.1) is 61.5 Å². The van der Waals surface area contributed by atoms with Gasteiger partial charge in [-0.3, -0.25) is 34.3 Å². The molecule has 0 aliphatic carbocycles. The van der Waals surface area contributed by atoms with Crippen molar-refractivity contribution in [2.24, 2.45) is 7.05 Å². The van der Waals surface area contributed by atoms with Crippen LogP contribution in [0.2, 0.25) is 0 Å². The minimum Gasteiger partial charge on any atom is -0.493 e. The smallest absolute Gasteiger partial charge is 0.329 e. The number of aliphatic hydroxyl groups is 1. The standard InChI is InChI=1S/C47H49F3N10O7/c1-4-66-38-23-29(7-10-36(38)65-3)34(11-15-51)60-44(62)31-12-16-52-43(41(31)45(60)63)58-21-19-57(20-22-58)39-13-17-56(27-47(39,49)50)26-28-5-8-30(9-6-28)67-37-25-35-32(24-33(37)48)42(54-55(35)2)59-18-14-40(61)53-46(59)64/h5-10,12,16,23-25,34,39,45,63H,4,11,13-14,17-22,26-27H2,1-3H3,(H,53,61,64)/t34-,39+,45?/m1/s1. The summed E-state index contributed by atoms with van der Waals surface area (Å²) in [6, 6.07) is 15.9. The predicted octanol–water partition coefficient (Wildman–Crippen LogP) is 5.89. The van der Waals surface area contributed by atoms with Gasteiger partial charge in [0.25, 0.3) is 11.8 Å². The van der Waals surface area contributed by atoms with Gasteiger partial charge in [0.1, 0.15) is 11.6 Å². The number of fused-ring (bicyclic) bond motifs is 2. The molecular formula is C47H49F3N10O7. The van der Waals surface area contributed by atoms with Crippen LogP contribution in [0.1, 0.15) is 65.5 Å². The molecule has 3 fully saturated rings. The highest BCUT2D eigenvalue weighted by Gasteiger charge is 2.49. The number of imide groups is 1.